The molecule has 1 aromatic carbocycles. The monoisotopic (exact) mass is 191 g/mol. The Morgan fingerprint density at radius 1 is 1.50 bits per heavy atom. The van der Waals surface area contributed by atoms with Crippen LogP contribution in [-0.2, 0) is 0 Å². The highest BCUT2D eigenvalue weighted by atomic mass is 16.3. The second-order valence-electron chi connectivity index (χ2n) is 4.06. The third kappa shape index (κ3) is 1.97. The van der Waals surface area contributed by atoms with Gasteiger partial charge in [0.15, 0.2) is 0 Å². The molecule has 0 amide bonds. The van der Waals surface area contributed by atoms with Gasteiger partial charge in [0.25, 0.3) is 0 Å². The van der Waals surface area contributed by atoms with E-state index >= 15 is 0 Å². The lowest BCUT2D eigenvalue weighted by Gasteiger charge is -2.18. The number of aliphatic hydroxyl groups excluding tert-OH is 1. The van der Waals surface area contributed by atoms with Crippen LogP contribution in [0.2, 0.25) is 0 Å². The standard InChI is InChI=1S/C12H17NO/c1-9-4-2-5-10(8-9)12(14)11-6-3-7-13-11/h2,4-5,8,11-14H,3,6-7H2,1H3/t11-,12+/m1/s1. The van der Waals surface area contributed by atoms with Crippen molar-refractivity contribution >= 4 is 0 Å². The normalized spacial score (nSPS) is 23.7. The highest BCUT2D eigenvalue weighted by Crippen LogP contribution is 2.23. The predicted molar refractivity (Wildman–Crippen MR) is 57.2 cm³/mol. The maximum absolute atomic E-state index is 10.1. The summed E-state index contributed by atoms with van der Waals surface area (Å²) in [5, 5.41) is 13.4. The number of aryl methyl sites for hydroxylation is 1. The first kappa shape index (κ1) is 9.69. The largest absolute Gasteiger partial charge is 0.387 e. The van der Waals surface area contributed by atoms with Crippen LogP contribution in [0.5, 0.6) is 0 Å². The van der Waals surface area contributed by atoms with Crippen molar-refractivity contribution in [3.8, 4) is 0 Å². The first-order chi connectivity index (χ1) is 6.77. The van der Waals surface area contributed by atoms with Gasteiger partial charge in [-0.2, -0.15) is 0 Å². The summed E-state index contributed by atoms with van der Waals surface area (Å²) in [5.74, 6) is 0. The molecule has 0 spiro atoms. The Balaban J connectivity index is 2.13. The summed E-state index contributed by atoms with van der Waals surface area (Å²) in [4.78, 5) is 0. The van der Waals surface area contributed by atoms with Crippen molar-refractivity contribution in [2.45, 2.75) is 31.9 Å². The van der Waals surface area contributed by atoms with Gasteiger partial charge in [-0.3, -0.25) is 0 Å². The second kappa shape index (κ2) is 4.11. The van der Waals surface area contributed by atoms with Gasteiger partial charge in [-0.05, 0) is 31.9 Å². The molecule has 1 aliphatic rings. The predicted octanol–water partition coefficient (Wildman–Crippen LogP) is 1.78. The SMILES string of the molecule is Cc1cccc([C@H](O)[C@H]2CCCN2)c1. The van der Waals surface area contributed by atoms with Gasteiger partial charge in [-0.25, -0.2) is 0 Å². The zero-order valence-corrected chi connectivity index (χ0v) is 8.53. The van der Waals surface area contributed by atoms with E-state index < -0.39 is 0 Å². The Bertz CT molecular complexity index is 305. The van der Waals surface area contributed by atoms with Crippen LogP contribution < -0.4 is 5.32 Å². The average Bonchev–Trinajstić information content (AvgIpc) is 2.69. The topological polar surface area (TPSA) is 32.3 Å². The fourth-order valence-electron chi connectivity index (χ4n) is 2.07. The first-order valence-corrected chi connectivity index (χ1v) is 5.25. The molecule has 2 heteroatoms. The lowest BCUT2D eigenvalue weighted by Crippen LogP contribution is -2.28. The van der Waals surface area contributed by atoms with Crippen molar-refractivity contribution in [3.63, 3.8) is 0 Å². The van der Waals surface area contributed by atoms with E-state index in [1.807, 2.05) is 12.1 Å². The molecule has 0 aliphatic carbocycles. The van der Waals surface area contributed by atoms with E-state index in [1.54, 1.807) is 0 Å². The molecular weight excluding hydrogens is 174 g/mol. The van der Waals surface area contributed by atoms with E-state index in [0.717, 1.165) is 18.5 Å². The summed E-state index contributed by atoms with van der Waals surface area (Å²) < 4.78 is 0. The molecular formula is C12H17NO. The quantitative estimate of drug-likeness (QED) is 0.747. The van der Waals surface area contributed by atoms with E-state index in [4.69, 9.17) is 0 Å². The van der Waals surface area contributed by atoms with Crippen LogP contribution in [0.25, 0.3) is 0 Å². The minimum Gasteiger partial charge on any atom is -0.387 e. The Kier molecular flexibility index (Phi) is 2.85. The maximum atomic E-state index is 10.1. The van der Waals surface area contributed by atoms with Crippen LogP contribution in [0.3, 0.4) is 0 Å². The van der Waals surface area contributed by atoms with Crippen molar-refractivity contribution < 1.29 is 5.11 Å². The van der Waals surface area contributed by atoms with Crippen molar-refractivity contribution in [1.82, 2.24) is 5.32 Å². The van der Waals surface area contributed by atoms with Gasteiger partial charge in [0, 0.05) is 6.04 Å². The summed E-state index contributed by atoms with van der Waals surface area (Å²) in [6.07, 6.45) is 1.90. The van der Waals surface area contributed by atoms with Crippen molar-refractivity contribution in [2.24, 2.45) is 0 Å². The number of hydrogen-bond donors (Lipinski definition) is 2. The molecule has 1 aromatic rings. The van der Waals surface area contributed by atoms with Crippen LogP contribution in [0.15, 0.2) is 24.3 Å². The molecule has 0 unspecified atom stereocenters. The minimum atomic E-state index is -0.350. The van der Waals surface area contributed by atoms with Crippen LogP contribution in [0, 0.1) is 6.92 Å². The molecule has 0 radical (unpaired) electrons. The fraction of sp³-hybridized carbons (Fsp3) is 0.500. The molecule has 0 aromatic heterocycles. The molecule has 2 N–H and O–H groups in total. The zero-order valence-electron chi connectivity index (χ0n) is 8.53. The molecule has 1 heterocycles. The van der Waals surface area contributed by atoms with Gasteiger partial charge in [0.1, 0.15) is 0 Å². The number of benzene rings is 1. The van der Waals surface area contributed by atoms with E-state index in [9.17, 15) is 5.11 Å². The Morgan fingerprint density at radius 3 is 3.00 bits per heavy atom. The second-order valence-corrected chi connectivity index (χ2v) is 4.06. The lowest BCUT2D eigenvalue weighted by atomic mass is 10.00. The van der Waals surface area contributed by atoms with Gasteiger partial charge < -0.3 is 10.4 Å². The summed E-state index contributed by atoms with van der Waals surface area (Å²) in [5.41, 5.74) is 2.24. The van der Waals surface area contributed by atoms with Gasteiger partial charge in [-0.1, -0.05) is 29.8 Å². The van der Waals surface area contributed by atoms with E-state index in [-0.39, 0.29) is 12.1 Å². The summed E-state index contributed by atoms with van der Waals surface area (Å²) in [6.45, 7) is 3.09. The third-order valence-electron chi connectivity index (χ3n) is 2.86. The number of hydrogen-bond acceptors (Lipinski definition) is 2. The molecule has 1 aliphatic heterocycles. The molecule has 2 atom stereocenters. The van der Waals surface area contributed by atoms with Crippen molar-refractivity contribution in [1.29, 1.82) is 0 Å². The van der Waals surface area contributed by atoms with Gasteiger partial charge in [-0.15, -0.1) is 0 Å². The summed E-state index contributed by atoms with van der Waals surface area (Å²) in [6, 6.07) is 8.36. The highest BCUT2D eigenvalue weighted by Gasteiger charge is 2.23. The zero-order chi connectivity index (χ0) is 9.97. The van der Waals surface area contributed by atoms with Crippen LogP contribution in [0.1, 0.15) is 30.1 Å². The van der Waals surface area contributed by atoms with Crippen molar-refractivity contribution in [2.75, 3.05) is 6.54 Å². The van der Waals surface area contributed by atoms with Crippen molar-refractivity contribution in [3.05, 3.63) is 35.4 Å². The molecule has 1 fully saturated rings. The molecule has 76 valence electrons. The van der Waals surface area contributed by atoms with Gasteiger partial charge >= 0.3 is 0 Å². The third-order valence-corrected chi connectivity index (χ3v) is 2.86. The van der Waals surface area contributed by atoms with E-state index in [0.29, 0.717) is 0 Å². The first-order valence-electron chi connectivity index (χ1n) is 5.25. The lowest BCUT2D eigenvalue weighted by molar-refractivity contribution is 0.137. The van der Waals surface area contributed by atoms with E-state index in [1.165, 1.54) is 12.0 Å². The van der Waals surface area contributed by atoms with Crippen LogP contribution in [-0.4, -0.2) is 17.7 Å². The number of nitrogens with one attached hydrogen (secondary N) is 1. The molecule has 1 saturated heterocycles. The molecule has 2 nitrogen and oxygen atoms in total. The Hall–Kier alpha value is -0.860. The number of aliphatic hydroxyl groups is 1. The average molecular weight is 191 g/mol. The molecule has 2 rings (SSSR count). The highest BCUT2D eigenvalue weighted by molar-refractivity contribution is 5.25. The summed E-state index contributed by atoms with van der Waals surface area (Å²) in [7, 11) is 0. The smallest absolute Gasteiger partial charge is 0.0943 e. The minimum absolute atomic E-state index is 0.247. The Labute approximate surface area is 85.0 Å². The fourth-order valence-corrected chi connectivity index (χ4v) is 2.07. The summed E-state index contributed by atoms with van der Waals surface area (Å²) >= 11 is 0. The van der Waals surface area contributed by atoms with Gasteiger partial charge in [0.2, 0.25) is 0 Å². The van der Waals surface area contributed by atoms with Gasteiger partial charge in [0.05, 0.1) is 6.10 Å². The molecule has 0 saturated carbocycles. The number of rotatable bonds is 2. The molecule has 14 heavy (non-hydrogen) atoms. The molecule has 0 bridgehead atoms. The maximum Gasteiger partial charge on any atom is 0.0943 e. The van der Waals surface area contributed by atoms with Crippen LogP contribution in [0.4, 0.5) is 0 Å². The Morgan fingerprint density at radius 2 is 2.36 bits per heavy atom. The van der Waals surface area contributed by atoms with E-state index in [2.05, 4.69) is 24.4 Å². The van der Waals surface area contributed by atoms with Crippen LogP contribution >= 0.6 is 0 Å².